The van der Waals surface area contributed by atoms with Crippen molar-refractivity contribution >= 4 is 11.9 Å². The Balaban J connectivity index is 2.52. The fraction of sp³-hybridized carbons (Fsp3) is 0.231. The fourth-order valence-electron chi connectivity index (χ4n) is 1.46. The van der Waals surface area contributed by atoms with Gasteiger partial charge in [0, 0.05) is 12.2 Å². The second-order valence-electron chi connectivity index (χ2n) is 3.75. The number of carbonyl (C=O) groups excluding carboxylic acids is 1. The topological polar surface area (TPSA) is 86.6 Å². The highest BCUT2D eigenvalue weighted by molar-refractivity contribution is 5.94. The number of benzene rings is 1. The predicted octanol–water partition coefficient (Wildman–Crippen LogP) is 0.347. The van der Waals surface area contributed by atoms with Gasteiger partial charge in [0.05, 0.1) is 12.6 Å². The molecule has 1 amide bonds. The Kier molecular flexibility index (Phi) is 5.60. The molecule has 5 nitrogen and oxygen atoms in total. The number of nitrogens with one attached hydrogen (secondary N) is 1. The summed E-state index contributed by atoms with van der Waals surface area (Å²) in [7, 11) is 0. The number of carboxylic acids is 1. The number of aliphatic carboxylic acids is 1. The van der Waals surface area contributed by atoms with E-state index in [1.165, 1.54) is 0 Å². The highest BCUT2D eigenvalue weighted by atomic mass is 16.4. The molecule has 3 N–H and O–H groups in total. The van der Waals surface area contributed by atoms with Crippen LogP contribution in [0.15, 0.2) is 42.5 Å². The Morgan fingerprint density at radius 1 is 1.22 bits per heavy atom. The third-order valence-electron chi connectivity index (χ3n) is 2.27. The van der Waals surface area contributed by atoms with Crippen molar-refractivity contribution in [2.24, 2.45) is 0 Å². The molecule has 1 rings (SSSR count). The van der Waals surface area contributed by atoms with E-state index >= 15 is 0 Å². The Morgan fingerprint density at radius 3 is 2.44 bits per heavy atom. The van der Waals surface area contributed by atoms with Crippen molar-refractivity contribution in [2.75, 3.05) is 6.61 Å². The number of carbonyl (C=O) groups is 2. The van der Waals surface area contributed by atoms with Crippen molar-refractivity contribution in [2.45, 2.75) is 12.5 Å². The summed E-state index contributed by atoms with van der Waals surface area (Å²) in [5.41, 5.74) is 0.985. The first-order valence-corrected chi connectivity index (χ1v) is 5.48. The normalized spacial score (nSPS) is 12.3. The van der Waals surface area contributed by atoms with Crippen molar-refractivity contribution in [1.82, 2.24) is 5.32 Å². The Hall–Kier alpha value is -2.14. The van der Waals surface area contributed by atoms with E-state index in [1.807, 2.05) is 30.3 Å². The number of aliphatic hydroxyl groups excluding tert-OH is 1. The van der Waals surface area contributed by atoms with E-state index in [9.17, 15) is 9.59 Å². The van der Waals surface area contributed by atoms with E-state index in [2.05, 4.69) is 5.32 Å². The summed E-state index contributed by atoms with van der Waals surface area (Å²) in [6, 6.07) is 8.97. The van der Waals surface area contributed by atoms with Crippen LogP contribution in [0.3, 0.4) is 0 Å². The van der Waals surface area contributed by atoms with Crippen molar-refractivity contribution in [3.63, 3.8) is 0 Å². The minimum Gasteiger partial charge on any atom is -0.478 e. The van der Waals surface area contributed by atoms with Crippen molar-refractivity contribution in [3.8, 4) is 0 Å². The van der Waals surface area contributed by atoms with Crippen LogP contribution in [-0.4, -0.2) is 34.7 Å². The van der Waals surface area contributed by atoms with Crippen LogP contribution in [0, 0.1) is 0 Å². The molecule has 0 radical (unpaired) electrons. The quantitative estimate of drug-likeness (QED) is 0.635. The minimum absolute atomic E-state index is 0.207. The molecule has 0 aliphatic carbocycles. The van der Waals surface area contributed by atoms with E-state index in [0.717, 1.165) is 17.7 Å². The second kappa shape index (κ2) is 7.24. The first-order valence-electron chi connectivity index (χ1n) is 5.48. The van der Waals surface area contributed by atoms with Gasteiger partial charge in [0.15, 0.2) is 0 Å². The maximum absolute atomic E-state index is 11.3. The van der Waals surface area contributed by atoms with Crippen LogP contribution in [-0.2, 0) is 16.0 Å². The van der Waals surface area contributed by atoms with Gasteiger partial charge in [0.25, 0.3) is 0 Å². The molecule has 96 valence electrons. The van der Waals surface area contributed by atoms with Gasteiger partial charge in [-0.25, -0.2) is 4.79 Å². The Morgan fingerprint density at radius 2 is 1.89 bits per heavy atom. The van der Waals surface area contributed by atoms with Gasteiger partial charge in [-0.05, 0) is 12.0 Å². The molecule has 0 heterocycles. The molecule has 1 aromatic rings. The molecular weight excluding hydrogens is 234 g/mol. The van der Waals surface area contributed by atoms with Gasteiger partial charge in [-0.1, -0.05) is 30.3 Å². The molecular formula is C13H15NO4. The SMILES string of the molecule is O=C(O)C=CC(=O)NC(CO)Cc1ccccc1. The molecule has 18 heavy (non-hydrogen) atoms. The summed E-state index contributed by atoms with van der Waals surface area (Å²) in [6.07, 6.45) is 2.17. The lowest BCUT2D eigenvalue weighted by molar-refractivity contribution is -0.131. The zero-order valence-electron chi connectivity index (χ0n) is 9.74. The molecule has 0 saturated carbocycles. The summed E-state index contributed by atoms with van der Waals surface area (Å²) in [6.45, 7) is -0.207. The molecule has 5 heteroatoms. The van der Waals surface area contributed by atoms with Crippen LogP contribution in [0.2, 0.25) is 0 Å². The number of rotatable bonds is 6. The fourth-order valence-corrected chi connectivity index (χ4v) is 1.46. The largest absolute Gasteiger partial charge is 0.478 e. The van der Waals surface area contributed by atoms with Crippen LogP contribution in [0.4, 0.5) is 0 Å². The van der Waals surface area contributed by atoms with Gasteiger partial charge in [-0.3, -0.25) is 4.79 Å². The molecule has 0 spiro atoms. The summed E-state index contributed by atoms with van der Waals surface area (Å²) in [5.74, 6) is -1.72. The summed E-state index contributed by atoms with van der Waals surface area (Å²) >= 11 is 0. The maximum atomic E-state index is 11.3. The monoisotopic (exact) mass is 249 g/mol. The smallest absolute Gasteiger partial charge is 0.328 e. The second-order valence-corrected chi connectivity index (χ2v) is 3.75. The standard InChI is InChI=1S/C13H15NO4/c15-9-11(8-10-4-2-1-3-5-10)14-12(16)6-7-13(17)18/h1-7,11,15H,8-9H2,(H,14,16)(H,17,18). The zero-order valence-corrected chi connectivity index (χ0v) is 9.74. The highest BCUT2D eigenvalue weighted by Gasteiger charge is 2.10. The predicted molar refractivity (Wildman–Crippen MR) is 65.9 cm³/mol. The summed E-state index contributed by atoms with van der Waals surface area (Å²) in [4.78, 5) is 21.6. The Labute approximate surface area is 105 Å². The van der Waals surface area contributed by atoms with E-state index in [1.54, 1.807) is 0 Å². The van der Waals surface area contributed by atoms with Crippen molar-refractivity contribution < 1.29 is 19.8 Å². The lowest BCUT2D eigenvalue weighted by atomic mass is 10.1. The molecule has 0 saturated heterocycles. The number of aliphatic hydroxyl groups is 1. The molecule has 1 aromatic carbocycles. The first-order chi connectivity index (χ1) is 8.61. The molecule has 1 unspecified atom stereocenters. The number of amides is 1. The molecule has 0 fully saturated rings. The maximum Gasteiger partial charge on any atom is 0.328 e. The lowest BCUT2D eigenvalue weighted by Gasteiger charge is -2.15. The molecule has 0 aromatic heterocycles. The summed E-state index contributed by atoms with van der Waals surface area (Å²) < 4.78 is 0. The highest BCUT2D eigenvalue weighted by Crippen LogP contribution is 2.02. The van der Waals surface area contributed by atoms with E-state index in [4.69, 9.17) is 10.2 Å². The van der Waals surface area contributed by atoms with Crippen LogP contribution in [0.1, 0.15) is 5.56 Å². The van der Waals surface area contributed by atoms with Crippen LogP contribution >= 0.6 is 0 Å². The number of carboxylic acid groups (broad SMARTS) is 1. The van der Waals surface area contributed by atoms with Crippen LogP contribution < -0.4 is 5.32 Å². The molecule has 1 atom stereocenters. The molecule has 0 bridgehead atoms. The third-order valence-corrected chi connectivity index (χ3v) is 2.27. The van der Waals surface area contributed by atoms with Gasteiger partial charge in [0.1, 0.15) is 0 Å². The van der Waals surface area contributed by atoms with E-state index in [-0.39, 0.29) is 6.61 Å². The number of hydrogen-bond donors (Lipinski definition) is 3. The Bertz CT molecular complexity index is 428. The average molecular weight is 249 g/mol. The number of hydrogen-bond acceptors (Lipinski definition) is 3. The van der Waals surface area contributed by atoms with Crippen molar-refractivity contribution in [1.29, 1.82) is 0 Å². The third kappa shape index (κ3) is 5.27. The van der Waals surface area contributed by atoms with E-state index in [0.29, 0.717) is 6.42 Å². The van der Waals surface area contributed by atoms with Gasteiger partial charge >= 0.3 is 5.97 Å². The molecule has 0 aliphatic heterocycles. The van der Waals surface area contributed by atoms with Gasteiger partial charge < -0.3 is 15.5 Å². The van der Waals surface area contributed by atoms with Gasteiger partial charge in [-0.2, -0.15) is 0 Å². The molecule has 0 aliphatic rings. The summed E-state index contributed by atoms with van der Waals surface area (Å²) in [5, 5.41) is 20.1. The first kappa shape index (κ1) is 13.9. The lowest BCUT2D eigenvalue weighted by Crippen LogP contribution is -2.38. The zero-order chi connectivity index (χ0) is 13.4. The van der Waals surface area contributed by atoms with Crippen LogP contribution in [0.25, 0.3) is 0 Å². The minimum atomic E-state index is -1.19. The van der Waals surface area contributed by atoms with Crippen molar-refractivity contribution in [3.05, 3.63) is 48.0 Å². The average Bonchev–Trinajstić information content (AvgIpc) is 2.37. The van der Waals surface area contributed by atoms with Crippen LogP contribution in [0.5, 0.6) is 0 Å². The van der Waals surface area contributed by atoms with E-state index < -0.39 is 17.9 Å². The van der Waals surface area contributed by atoms with Gasteiger partial charge in [-0.15, -0.1) is 0 Å². The van der Waals surface area contributed by atoms with Gasteiger partial charge in [0.2, 0.25) is 5.91 Å².